The van der Waals surface area contributed by atoms with Crippen molar-refractivity contribution in [2.75, 3.05) is 20.8 Å². The number of ether oxygens (including phenoxy) is 3. The van der Waals surface area contributed by atoms with Crippen LogP contribution in [0.4, 0.5) is 4.79 Å². The van der Waals surface area contributed by atoms with Gasteiger partial charge in [-0.05, 0) is 56.4 Å². The average Bonchev–Trinajstić information content (AvgIpc) is 3.66. The Morgan fingerprint density at radius 2 is 1.52 bits per heavy atom. The third-order valence-corrected chi connectivity index (χ3v) is 9.25. The lowest BCUT2D eigenvalue weighted by atomic mass is 9.78. The van der Waals surface area contributed by atoms with E-state index in [9.17, 15) is 24.0 Å². The monoisotopic (exact) mass is 710 g/mol. The topological polar surface area (TPSA) is 156 Å². The highest BCUT2D eigenvalue weighted by Gasteiger charge is 2.60. The zero-order valence-corrected chi connectivity index (χ0v) is 30.1. The van der Waals surface area contributed by atoms with E-state index >= 15 is 0 Å². The minimum atomic E-state index is -1.69. The first-order valence-corrected chi connectivity index (χ1v) is 17.2. The first-order chi connectivity index (χ1) is 24.8. The number of methoxy groups -OCH3 is 2. The van der Waals surface area contributed by atoms with Gasteiger partial charge in [0.05, 0.1) is 20.3 Å². The molecule has 1 fully saturated rings. The maximum atomic E-state index is 14.7. The van der Waals surface area contributed by atoms with E-state index in [0.717, 1.165) is 27.6 Å². The van der Waals surface area contributed by atoms with Crippen molar-refractivity contribution in [2.24, 2.45) is 5.41 Å². The van der Waals surface area contributed by atoms with Crippen LogP contribution in [0.3, 0.4) is 0 Å². The maximum absolute atomic E-state index is 14.7. The van der Waals surface area contributed by atoms with Crippen molar-refractivity contribution >= 4 is 40.7 Å². The maximum Gasteiger partial charge on any atom is 0.408 e. The van der Waals surface area contributed by atoms with Gasteiger partial charge in [-0.3, -0.25) is 14.4 Å². The summed E-state index contributed by atoms with van der Waals surface area (Å²) >= 11 is 0. The van der Waals surface area contributed by atoms with Gasteiger partial charge in [-0.15, -0.1) is 0 Å². The fourth-order valence-electron chi connectivity index (χ4n) is 6.89. The van der Waals surface area contributed by atoms with Crippen molar-refractivity contribution < 1.29 is 38.2 Å². The summed E-state index contributed by atoms with van der Waals surface area (Å²) in [5, 5.41) is 6.53. The first kappa shape index (κ1) is 37.6. The predicted molar refractivity (Wildman–Crippen MR) is 194 cm³/mol. The number of aromatic nitrogens is 1. The van der Waals surface area contributed by atoms with E-state index in [-0.39, 0.29) is 32.2 Å². The van der Waals surface area contributed by atoms with Crippen LogP contribution in [0.5, 0.6) is 0 Å². The van der Waals surface area contributed by atoms with Crippen LogP contribution in [0.2, 0.25) is 0 Å². The quantitative estimate of drug-likeness (QED) is 0.104. The molecule has 0 spiro atoms. The van der Waals surface area contributed by atoms with Gasteiger partial charge in [-0.2, -0.15) is 0 Å². The molecule has 1 saturated heterocycles. The molecule has 0 radical (unpaired) electrons. The summed E-state index contributed by atoms with van der Waals surface area (Å²) in [6.45, 7) is 5.04. The Bertz CT molecular complexity index is 1890. The van der Waals surface area contributed by atoms with Gasteiger partial charge in [0.1, 0.15) is 17.7 Å². The van der Waals surface area contributed by atoms with E-state index in [1.165, 1.54) is 19.1 Å². The van der Waals surface area contributed by atoms with Crippen LogP contribution in [0.1, 0.15) is 43.9 Å². The van der Waals surface area contributed by atoms with Crippen molar-refractivity contribution in [1.29, 1.82) is 0 Å². The van der Waals surface area contributed by atoms with E-state index in [1.807, 2.05) is 84.9 Å². The van der Waals surface area contributed by atoms with E-state index in [2.05, 4.69) is 15.6 Å². The number of carbonyl (C=O) groups excluding carboxylic acids is 5. The van der Waals surface area contributed by atoms with E-state index in [1.54, 1.807) is 27.0 Å². The molecule has 52 heavy (non-hydrogen) atoms. The average molecular weight is 711 g/mol. The number of amides is 3. The SMILES string of the molecule is COC(=O)[C@H](Cc1ccccc1)N1C(=O)[C@@](Cc2ccccc2)(C(=O)OC)C[C@@H]1CNC(=O)[C@H](Cc1c[nH]c2ccccc12)NC(=O)OC(C)(C)C. The molecule has 0 aliphatic carbocycles. The summed E-state index contributed by atoms with van der Waals surface area (Å²) < 4.78 is 15.9. The summed E-state index contributed by atoms with van der Waals surface area (Å²) in [5.41, 5.74) is 0.668. The number of benzene rings is 3. The number of aromatic amines is 1. The summed E-state index contributed by atoms with van der Waals surface area (Å²) in [4.78, 5) is 73.5. The Kier molecular flexibility index (Phi) is 11.7. The van der Waals surface area contributed by atoms with Gasteiger partial charge in [0.2, 0.25) is 11.8 Å². The molecule has 3 N–H and O–H groups in total. The van der Waals surface area contributed by atoms with Crippen LogP contribution < -0.4 is 10.6 Å². The first-order valence-electron chi connectivity index (χ1n) is 17.2. The molecule has 3 amide bonds. The lowest BCUT2D eigenvalue weighted by Gasteiger charge is -2.32. The van der Waals surface area contributed by atoms with Gasteiger partial charge in [0, 0.05) is 36.5 Å². The second kappa shape index (κ2) is 16.1. The van der Waals surface area contributed by atoms with Gasteiger partial charge < -0.3 is 34.7 Å². The Hall–Kier alpha value is -5.65. The summed E-state index contributed by atoms with van der Waals surface area (Å²) in [6, 6.07) is 22.9. The molecule has 12 nitrogen and oxygen atoms in total. The number of hydrogen-bond acceptors (Lipinski definition) is 8. The number of fused-ring (bicyclic) bond motifs is 1. The fraction of sp³-hybridized carbons (Fsp3) is 0.375. The van der Waals surface area contributed by atoms with Gasteiger partial charge in [0.15, 0.2) is 5.41 Å². The van der Waals surface area contributed by atoms with Crippen molar-refractivity contribution in [3.63, 3.8) is 0 Å². The van der Waals surface area contributed by atoms with Crippen LogP contribution in [-0.2, 0) is 52.7 Å². The summed E-state index contributed by atoms with van der Waals surface area (Å²) in [6.07, 6.45) is 1.21. The number of likely N-dealkylation sites (tertiary alicyclic amines) is 1. The number of hydrogen-bond donors (Lipinski definition) is 3. The molecule has 4 atom stereocenters. The van der Waals surface area contributed by atoms with Crippen molar-refractivity contribution in [2.45, 2.75) is 70.2 Å². The minimum Gasteiger partial charge on any atom is -0.468 e. The highest BCUT2D eigenvalue weighted by molar-refractivity contribution is 6.06. The lowest BCUT2D eigenvalue weighted by Crippen LogP contribution is -2.55. The Labute approximate surface area is 303 Å². The van der Waals surface area contributed by atoms with Crippen molar-refractivity contribution in [1.82, 2.24) is 20.5 Å². The normalized spacial score (nSPS) is 18.4. The number of H-pyrrole nitrogens is 1. The van der Waals surface area contributed by atoms with Crippen LogP contribution in [0, 0.1) is 5.41 Å². The van der Waals surface area contributed by atoms with Gasteiger partial charge in [0.25, 0.3) is 0 Å². The number of nitrogens with one attached hydrogen (secondary N) is 3. The molecule has 2 heterocycles. The number of rotatable bonds is 13. The van der Waals surface area contributed by atoms with Gasteiger partial charge in [-0.25, -0.2) is 9.59 Å². The number of nitrogens with zero attached hydrogens (tertiary/aromatic N) is 1. The van der Waals surface area contributed by atoms with Crippen LogP contribution >= 0.6 is 0 Å². The van der Waals surface area contributed by atoms with E-state index in [4.69, 9.17) is 14.2 Å². The minimum absolute atomic E-state index is 0.0168. The molecule has 0 bridgehead atoms. The molecule has 4 aromatic rings. The van der Waals surface area contributed by atoms with Crippen molar-refractivity contribution in [3.05, 3.63) is 108 Å². The Morgan fingerprint density at radius 3 is 2.15 bits per heavy atom. The smallest absolute Gasteiger partial charge is 0.408 e. The van der Waals surface area contributed by atoms with Crippen molar-refractivity contribution in [3.8, 4) is 0 Å². The molecule has 12 heteroatoms. The molecule has 0 unspecified atom stereocenters. The summed E-state index contributed by atoms with van der Waals surface area (Å²) in [7, 11) is 2.47. The molecule has 274 valence electrons. The van der Waals surface area contributed by atoms with Crippen LogP contribution in [0.25, 0.3) is 10.9 Å². The standard InChI is InChI=1S/C40H46N4O8/c1-39(2,3)52-38(49)43-32(21-28-24-41-31-19-13-12-18-30(28)31)34(45)42-25-29-23-40(37(48)51-5,22-27-16-10-7-11-17-27)36(47)44(29)33(35(46)50-4)20-26-14-8-6-9-15-26/h6-19,24,29,32-33,41H,20-23,25H2,1-5H3,(H,42,45)(H,43,49)/t29-,32+,33+,40+/m1/s1. The molecule has 1 aromatic heterocycles. The zero-order valence-electron chi connectivity index (χ0n) is 30.1. The third-order valence-electron chi connectivity index (χ3n) is 9.25. The molecule has 3 aromatic carbocycles. The van der Waals surface area contributed by atoms with Crippen LogP contribution in [-0.4, -0.2) is 84.2 Å². The highest BCUT2D eigenvalue weighted by Crippen LogP contribution is 2.42. The molecule has 1 aliphatic rings. The van der Waals surface area contributed by atoms with Gasteiger partial charge in [-0.1, -0.05) is 78.9 Å². The predicted octanol–water partition coefficient (Wildman–Crippen LogP) is 4.51. The van der Waals surface area contributed by atoms with E-state index < -0.39 is 59.0 Å². The molecule has 5 rings (SSSR count). The highest BCUT2D eigenvalue weighted by atomic mass is 16.6. The van der Waals surface area contributed by atoms with Gasteiger partial charge >= 0.3 is 18.0 Å². The molecule has 1 aliphatic heterocycles. The zero-order chi connectivity index (χ0) is 37.5. The molecular formula is C40H46N4O8. The number of carbonyl (C=O) groups is 5. The fourth-order valence-corrected chi connectivity index (χ4v) is 6.89. The molecule has 0 saturated carbocycles. The Balaban J connectivity index is 1.49. The lowest BCUT2D eigenvalue weighted by molar-refractivity contribution is -0.163. The molecular weight excluding hydrogens is 664 g/mol. The summed E-state index contributed by atoms with van der Waals surface area (Å²) in [5.74, 6) is -2.55. The number of esters is 2. The largest absolute Gasteiger partial charge is 0.468 e. The second-order valence-electron chi connectivity index (χ2n) is 14.0. The Morgan fingerprint density at radius 1 is 0.885 bits per heavy atom. The third kappa shape index (κ3) is 8.62. The number of para-hydroxylation sites is 1. The van der Waals surface area contributed by atoms with Crippen LogP contribution in [0.15, 0.2) is 91.1 Å². The number of alkyl carbamates (subject to hydrolysis) is 1. The van der Waals surface area contributed by atoms with E-state index in [0.29, 0.717) is 0 Å². The second-order valence-corrected chi connectivity index (χ2v) is 14.0.